The van der Waals surface area contributed by atoms with E-state index in [1.807, 2.05) is 24.3 Å². The van der Waals surface area contributed by atoms with Gasteiger partial charge in [-0.1, -0.05) is 48.9 Å². The van der Waals surface area contributed by atoms with Crippen LogP contribution < -0.4 is 10.5 Å². The SMILES string of the molecule is CCc1ccc(C(CN)Oc2ccc(C)cc2)cc1. The molecule has 0 fully saturated rings. The summed E-state index contributed by atoms with van der Waals surface area (Å²) < 4.78 is 5.95. The Morgan fingerprint density at radius 2 is 1.63 bits per heavy atom. The van der Waals surface area contributed by atoms with Crippen molar-refractivity contribution in [1.82, 2.24) is 0 Å². The number of ether oxygens (including phenoxy) is 1. The Balaban J connectivity index is 2.12. The van der Waals surface area contributed by atoms with Crippen LogP contribution in [0.1, 0.15) is 29.7 Å². The number of nitrogens with two attached hydrogens (primary N) is 1. The molecule has 0 amide bonds. The third-order valence-electron chi connectivity index (χ3n) is 3.27. The highest BCUT2D eigenvalue weighted by Crippen LogP contribution is 2.22. The van der Waals surface area contributed by atoms with Crippen LogP contribution >= 0.6 is 0 Å². The van der Waals surface area contributed by atoms with Crippen molar-refractivity contribution in [2.45, 2.75) is 26.4 Å². The lowest BCUT2D eigenvalue weighted by Gasteiger charge is -2.18. The zero-order valence-electron chi connectivity index (χ0n) is 11.6. The highest BCUT2D eigenvalue weighted by atomic mass is 16.5. The molecule has 0 radical (unpaired) electrons. The summed E-state index contributed by atoms with van der Waals surface area (Å²) in [6.45, 7) is 4.69. The minimum Gasteiger partial charge on any atom is -0.484 e. The van der Waals surface area contributed by atoms with E-state index in [-0.39, 0.29) is 6.10 Å². The summed E-state index contributed by atoms with van der Waals surface area (Å²) >= 11 is 0. The lowest BCUT2D eigenvalue weighted by Crippen LogP contribution is -2.18. The van der Waals surface area contributed by atoms with E-state index in [1.165, 1.54) is 11.1 Å². The Hall–Kier alpha value is -1.80. The molecule has 0 aromatic heterocycles. The minimum atomic E-state index is -0.0892. The van der Waals surface area contributed by atoms with E-state index < -0.39 is 0 Å². The van der Waals surface area contributed by atoms with Crippen LogP contribution in [0.3, 0.4) is 0 Å². The third kappa shape index (κ3) is 3.58. The zero-order chi connectivity index (χ0) is 13.7. The van der Waals surface area contributed by atoms with E-state index in [0.717, 1.165) is 17.7 Å². The molecule has 0 saturated heterocycles. The molecule has 100 valence electrons. The monoisotopic (exact) mass is 255 g/mol. The first-order valence-corrected chi connectivity index (χ1v) is 6.75. The van der Waals surface area contributed by atoms with E-state index in [0.29, 0.717) is 6.54 Å². The predicted molar refractivity (Wildman–Crippen MR) is 79.4 cm³/mol. The van der Waals surface area contributed by atoms with Gasteiger partial charge in [-0.15, -0.1) is 0 Å². The Bertz CT molecular complexity index is 502. The molecule has 0 heterocycles. The van der Waals surface area contributed by atoms with Gasteiger partial charge in [-0.3, -0.25) is 0 Å². The number of benzene rings is 2. The van der Waals surface area contributed by atoms with Gasteiger partial charge in [0.25, 0.3) is 0 Å². The van der Waals surface area contributed by atoms with E-state index in [9.17, 15) is 0 Å². The molecule has 2 heteroatoms. The molecule has 2 rings (SSSR count). The van der Waals surface area contributed by atoms with Crippen LogP contribution in [0, 0.1) is 6.92 Å². The van der Waals surface area contributed by atoms with Crippen molar-refractivity contribution in [1.29, 1.82) is 0 Å². The lowest BCUT2D eigenvalue weighted by atomic mass is 10.1. The molecule has 1 unspecified atom stereocenters. The fraction of sp³-hybridized carbons (Fsp3) is 0.294. The molecule has 0 bridgehead atoms. The largest absolute Gasteiger partial charge is 0.484 e. The van der Waals surface area contributed by atoms with Crippen molar-refractivity contribution in [2.24, 2.45) is 5.73 Å². The second-order valence-electron chi connectivity index (χ2n) is 4.75. The maximum absolute atomic E-state index is 5.95. The molecule has 2 aromatic carbocycles. The van der Waals surface area contributed by atoms with E-state index in [1.54, 1.807) is 0 Å². The first-order valence-electron chi connectivity index (χ1n) is 6.75. The summed E-state index contributed by atoms with van der Waals surface area (Å²) in [6.07, 6.45) is 0.959. The van der Waals surface area contributed by atoms with Crippen molar-refractivity contribution in [3.05, 3.63) is 65.2 Å². The molecule has 0 aliphatic heterocycles. The maximum Gasteiger partial charge on any atom is 0.136 e. The molecular formula is C17H21NO. The van der Waals surface area contributed by atoms with Crippen molar-refractivity contribution in [2.75, 3.05) is 6.54 Å². The summed E-state index contributed by atoms with van der Waals surface area (Å²) in [5, 5.41) is 0. The predicted octanol–water partition coefficient (Wildman–Crippen LogP) is 3.64. The second kappa shape index (κ2) is 6.39. The van der Waals surface area contributed by atoms with Crippen LogP contribution in [0.15, 0.2) is 48.5 Å². The van der Waals surface area contributed by atoms with Gasteiger partial charge in [0.2, 0.25) is 0 Å². The van der Waals surface area contributed by atoms with Gasteiger partial charge in [0.1, 0.15) is 11.9 Å². The smallest absolute Gasteiger partial charge is 0.136 e. The summed E-state index contributed by atoms with van der Waals surface area (Å²) in [4.78, 5) is 0. The quantitative estimate of drug-likeness (QED) is 0.885. The normalized spacial score (nSPS) is 12.2. The lowest BCUT2D eigenvalue weighted by molar-refractivity contribution is 0.214. The Kier molecular flexibility index (Phi) is 4.58. The molecule has 0 saturated carbocycles. The van der Waals surface area contributed by atoms with Crippen LogP contribution in [0.25, 0.3) is 0 Å². The van der Waals surface area contributed by atoms with Crippen molar-refractivity contribution < 1.29 is 4.74 Å². The Labute approximate surface area is 115 Å². The van der Waals surface area contributed by atoms with Gasteiger partial charge < -0.3 is 10.5 Å². The van der Waals surface area contributed by atoms with Crippen LogP contribution in [0.4, 0.5) is 0 Å². The number of aryl methyl sites for hydroxylation is 2. The molecule has 2 nitrogen and oxygen atoms in total. The second-order valence-corrected chi connectivity index (χ2v) is 4.75. The molecule has 0 aliphatic rings. The zero-order valence-corrected chi connectivity index (χ0v) is 11.6. The summed E-state index contributed by atoms with van der Waals surface area (Å²) in [6, 6.07) is 16.5. The van der Waals surface area contributed by atoms with Crippen LogP contribution in [0.2, 0.25) is 0 Å². The maximum atomic E-state index is 5.95. The first kappa shape index (κ1) is 13.6. The van der Waals surface area contributed by atoms with E-state index >= 15 is 0 Å². The fourth-order valence-electron chi connectivity index (χ4n) is 2.00. The van der Waals surface area contributed by atoms with Crippen LogP contribution in [0.5, 0.6) is 5.75 Å². The summed E-state index contributed by atoms with van der Waals surface area (Å²) in [5.41, 5.74) is 9.51. The Morgan fingerprint density at radius 1 is 1.00 bits per heavy atom. The Morgan fingerprint density at radius 3 is 2.16 bits per heavy atom. The van der Waals surface area contributed by atoms with Crippen molar-refractivity contribution in [3.63, 3.8) is 0 Å². The molecule has 1 atom stereocenters. The van der Waals surface area contributed by atoms with E-state index in [4.69, 9.17) is 10.5 Å². The van der Waals surface area contributed by atoms with Gasteiger partial charge in [-0.2, -0.15) is 0 Å². The minimum absolute atomic E-state index is 0.0892. The van der Waals surface area contributed by atoms with E-state index in [2.05, 4.69) is 38.1 Å². The number of hydrogen-bond donors (Lipinski definition) is 1. The third-order valence-corrected chi connectivity index (χ3v) is 3.27. The standard InChI is InChI=1S/C17H21NO/c1-3-14-6-8-15(9-7-14)17(12-18)19-16-10-4-13(2)5-11-16/h4-11,17H,3,12,18H2,1-2H3. The molecular weight excluding hydrogens is 234 g/mol. The molecule has 0 aliphatic carbocycles. The van der Waals surface area contributed by atoms with Crippen LogP contribution in [-0.2, 0) is 6.42 Å². The summed E-state index contributed by atoms with van der Waals surface area (Å²) in [5.74, 6) is 0.862. The topological polar surface area (TPSA) is 35.2 Å². The molecule has 0 spiro atoms. The van der Waals surface area contributed by atoms with Crippen molar-refractivity contribution in [3.8, 4) is 5.75 Å². The fourth-order valence-corrected chi connectivity index (χ4v) is 2.00. The van der Waals surface area contributed by atoms with Gasteiger partial charge in [-0.25, -0.2) is 0 Å². The molecule has 2 aromatic rings. The first-order chi connectivity index (χ1) is 9.22. The van der Waals surface area contributed by atoms with Gasteiger partial charge in [0.05, 0.1) is 0 Å². The van der Waals surface area contributed by atoms with Gasteiger partial charge >= 0.3 is 0 Å². The highest BCUT2D eigenvalue weighted by Gasteiger charge is 2.11. The molecule has 19 heavy (non-hydrogen) atoms. The molecule has 2 N–H and O–H groups in total. The number of rotatable bonds is 5. The van der Waals surface area contributed by atoms with Gasteiger partial charge in [0.15, 0.2) is 0 Å². The summed E-state index contributed by atoms with van der Waals surface area (Å²) in [7, 11) is 0. The van der Waals surface area contributed by atoms with Crippen molar-refractivity contribution >= 4 is 0 Å². The van der Waals surface area contributed by atoms with Gasteiger partial charge in [-0.05, 0) is 36.6 Å². The average Bonchev–Trinajstić information content (AvgIpc) is 2.47. The average molecular weight is 255 g/mol. The number of hydrogen-bond acceptors (Lipinski definition) is 2. The van der Waals surface area contributed by atoms with Gasteiger partial charge in [0, 0.05) is 6.54 Å². The highest BCUT2D eigenvalue weighted by molar-refractivity contribution is 5.29. The van der Waals surface area contributed by atoms with Crippen LogP contribution in [-0.4, -0.2) is 6.54 Å².